The van der Waals surface area contributed by atoms with Crippen LogP contribution in [0.25, 0.3) is 16.9 Å². The van der Waals surface area contributed by atoms with Gasteiger partial charge in [-0.2, -0.15) is 32.8 Å². The highest BCUT2D eigenvalue weighted by Gasteiger charge is 2.37. The lowest BCUT2D eigenvalue weighted by molar-refractivity contribution is -0.138. The number of hydrogen-bond donors (Lipinski definition) is 1. The third-order valence-electron chi connectivity index (χ3n) is 3.48. The van der Waals surface area contributed by atoms with Crippen LogP contribution in [0.4, 0.5) is 19.0 Å². The van der Waals surface area contributed by atoms with Crippen molar-refractivity contribution < 1.29 is 13.2 Å². The topological polar surface area (TPSA) is 55.1 Å². The van der Waals surface area contributed by atoms with Crippen LogP contribution in [0.2, 0.25) is 20.2 Å². The maximum Gasteiger partial charge on any atom is 0.408 e. The standard InChI is InChI=1S/C14H8Cl4F3N5/c1-5(14(19,20)21)24-12-10(9-7(16)2-6(15)3-8(9)17)11(18)25-13-22-4-23-26(12)13/h2-5,24H,1H3. The first-order valence-corrected chi connectivity index (χ1v) is 8.48. The minimum atomic E-state index is -4.52. The molecule has 2 heterocycles. The molecule has 3 rings (SSSR count). The molecule has 1 N–H and O–H groups in total. The number of nitrogens with zero attached hydrogens (tertiary/aromatic N) is 4. The van der Waals surface area contributed by atoms with Crippen LogP contribution in [0, 0.1) is 0 Å². The molecule has 2 aromatic heterocycles. The largest absolute Gasteiger partial charge is 0.408 e. The Morgan fingerprint density at radius 1 is 1.08 bits per heavy atom. The van der Waals surface area contributed by atoms with Gasteiger partial charge in [-0.15, -0.1) is 0 Å². The number of fused-ring (bicyclic) bond motifs is 1. The number of rotatable bonds is 3. The molecule has 1 aromatic carbocycles. The van der Waals surface area contributed by atoms with E-state index < -0.39 is 12.2 Å². The zero-order chi connectivity index (χ0) is 19.2. The number of nitrogens with one attached hydrogen (secondary N) is 1. The van der Waals surface area contributed by atoms with Crippen molar-refractivity contribution in [2.24, 2.45) is 0 Å². The number of aromatic nitrogens is 4. The van der Waals surface area contributed by atoms with Crippen LogP contribution < -0.4 is 5.32 Å². The summed E-state index contributed by atoms with van der Waals surface area (Å²) < 4.78 is 40.3. The van der Waals surface area contributed by atoms with E-state index in [1.165, 1.54) is 12.1 Å². The Labute approximate surface area is 165 Å². The summed E-state index contributed by atoms with van der Waals surface area (Å²) in [4.78, 5) is 7.88. The molecular weight excluding hydrogens is 437 g/mol. The molecule has 0 saturated heterocycles. The lowest BCUT2D eigenvalue weighted by Gasteiger charge is -2.22. The molecule has 0 fully saturated rings. The second-order valence-corrected chi connectivity index (χ2v) is 6.86. The molecule has 5 nitrogen and oxygen atoms in total. The SMILES string of the molecule is CC(Nc1c(-c2c(Cl)cc(Cl)cc2Cl)c(Cl)nc2ncnn12)C(F)(F)F. The number of hydrogen-bond acceptors (Lipinski definition) is 4. The average molecular weight is 445 g/mol. The summed E-state index contributed by atoms with van der Waals surface area (Å²) in [7, 11) is 0. The van der Waals surface area contributed by atoms with Crippen LogP contribution in [-0.4, -0.2) is 31.8 Å². The third kappa shape index (κ3) is 3.51. The van der Waals surface area contributed by atoms with Crippen LogP contribution in [0.1, 0.15) is 6.92 Å². The van der Waals surface area contributed by atoms with E-state index in [-0.39, 0.29) is 42.9 Å². The highest BCUT2D eigenvalue weighted by Crippen LogP contribution is 2.44. The predicted octanol–water partition coefficient (Wildman–Crippen LogP) is 5.77. The van der Waals surface area contributed by atoms with Crippen molar-refractivity contribution in [1.82, 2.24) is 19.6 Å². The number of benzene rings is 1. The van der Waals surface area contributed by atoms with Crippen LogP contribution >= 0.6 is 46.4 Å². The molecule has 0 amide bonds. The maximum absolute atomic E-state index is 13.1. The van der Waals surface area contributed by atoms with Gasteiger partial charge in [0.25, 0.3) is 5.78 Å². The summed E-state index contributed by atoms with van der Waals surface area (Å²) in [6, 6.07) is 0.865. The van der Waals surface area contributed by atoms with Gasteiger partial charge < -0.3 is 5.32 Å². The normalized spacial score (nSPS) is 13.2. The van der Waals surface area contributed by atoms with Crippen molar-refractivity contribution in [3.8, 4) is 11.1 Å². The molecule has 3 aromatic rings. The van der Waals surface area contributed by atoms with Crippen molar-refractivity contribution in [2.45, 2.75) is 19.1 Å². The molecule has 0 aliphatic heterocycles. The van der Waals surface area contributed by atoms with E-state index in [1.807, 2.05) is 0 Å². The Bertz CT molecular complexity index is 966. The molecule has 1 atom stereocenters. The van der Waals surface area contributed by atoms with E-state index in [0.717, 1.165) is 17.8 Å². The average Bonchev–Trinajstić information content (AvgIpc) is 2.95. The van der Waals surface area contributed by atoms with Crippen molar-refractivity contribution in [2.75, 3.05) is 5.32 Å². The third-order valence-corrected chi connectivity index (χ3v) is 4.57. The van der Waals surface area contributed by atoms with E-state index >= 15 is 0 Å². The molecular formula is C14H8Cl4F3N5. The van der Waals surface area contributed by atoms with Gasteiger partial charge >= 0.3 is 6.18 Å². The van der Waals surface area contributed by atoms with E-state index in [2.05, 4.69) is 20.4 Å². The van der Waals surface area contributed by atoms with Gasteiger partial charge in [0.2, 0.25) is 0 Å². The Morgan fingerprint density at radius 3 is 2.27 bits per heavy atom. The molecule has 0 aliphatic rings. The van der Waals surface area contributed by atoms with E-state index in [0.29, 0.717) is 0 Å². The first kappa shape index (κ1) is 19.3. The van der Waals surface area contributed by atoms with E-state index in [4.69, 9.17) is 46.4 Å². The molecule has 0 bridgehead atoms. The van der Waals surface area contributed by atoms with Crippen LogP contribution in [0.5, 0.6) is 0 Å². The van der Waals surface area contributed by atoms with Crippen LogP contribution in [0.3, 0.4) is 0 Å². The summed E-state index contributed by atoms with van der Waals surface area (Å²) in [6.07, 6.45) is -3.38. The van der Waals surface area contributed by atoms with Gasteiger partial charge in [-0.25, -0.2) is 0 Å². The van der Waals surface area contributed by atoms with Gasteiger partial charge in [0.1, 0.15) is 23.3 Å². The second-order valence-electron chi connectivity index (χ2n) is 5.25. The van der Waals surface area contributed by atoms with E-state index in [1.54, 1.807) is 0 Å². The number of alkyl halides is 3. The second kappa shape index (κ2) is 6.92. The highest BCUT2D eigenvalue weighted by atomic mass is 35.5. The zero-order valence-corrected chi connectivity index (χ0v) is 15.8. The molecule has 12 heteroatoms. The summed E-state index contributed by atoms with van der Waals surface area (Å²) in [5, 5.41) is 6.54. The Balaban J connectivity index is 2.32. The lowest BCUT2D eigenvalue weighted by atomic mass is 10.1. The first-order valence-electron chi connectivity index (χ1n) is 6.97. The Hall–Kier alpha value is -1.48. The molecule has 0 aliphatic carbocycles. The Kier molecular flexibility index (Phi) is 5.13. The fraction of sp³-hybridized carbons (Fsp3) is 0.214. The van der Waals surface area contributed by atoms with Crippen LogP contribution in [-0.2, 0) is 0 Å². The zero-order valence-electron chi connectivity index (χ0n) is 12.7. The van der Waals surface area contributed by atoms with Crippen molar-refractivity contribution in [1.29, 1.82) is 0 Å². The molecule has 138 valence electrons. The van der Waals surface area contributed by atoms with Gasteiger partial charge in [0.05, 0.1) is 15.6 Å². The molecule has 0 radical (unpaired) electrons. The monoisotopic (exact) mass is 443 g/mol. The van der Waals surface area contributed by atoms with Gasteiger partial charge in [-0.3, -0.25) is 0 Å². The summed E-state index contributed by atoms with van der Waals surface area (Å²) >= 11 is 24.5. The molecule has 0 saturated carbocycles. The van der Waals surface area contributed by atoms with Crippen molar-refractivity contribution in [3.05, 3.63) is 38.7 Å². The molecule has 26 heavy (non-hydrogen) atoms. The van der Waals surface area contributed by atoms with Gasteiger partial charge in [-0.05, 0) is 19.1 Å². The summed E-state index contributed by atoms with van der Waals surface area (Å²) in [6.45, 7) is 0.950. The van der Waals surface area contributed by atoms with Crippen LogP contribution in [0.15, 0.2) is 18.5 Å². The first-order chi connectivity index (χ1) is 12.1. The summed E-state index contributed by atoms with van der Waals surface area (Å²) in [5.74, 6) is -0.0923. The van der Waals surface area contributed by atoms with Gasteiger partial charge in [0, 0.05) is 10.6 Å². The Morgan fingerprint density at radius 2 is 1.69 bits per heavy atom. The molecule has 0 spiro atoms. The van der Waals surface area contributed by atoms with E-state index in [9.17, 15) is 13.2 Å². The quantitative estimate of drug-likeness (QED) is 0.521. The number of halogens is 7. The number of anilines is 1. The van der Waals surface area contributed by atoms with Crippen molar-refractivity contribution >= 4 is 58.0 Å². The van der Waals surface area contributed by atoms with Crippen molar-refractivity contribution in [3.63, 3.8) is 0 Å². The molecule has 1 unspecified atom stereocenters. The smallest absolute Gasteiger partial charge is 0.358 e. The van der Waals surface area contributed by atoms with Gasteiger partial charge in [0.15, 0.2) is 0 Å². The van der Waals surface area contributed by atoms with Gasteiger partial charge in [-0.1, -0.05) is 46.4 Å². The fourth-order valence-corrected chi connectivity index (χ4v) is 3.51. The fourth-order valence-electron chi connectivity index (χ4n) is 2.24. The highest BCUT2D eigenvalue weighted by molar-refractivity contribution is 6.43. The minimum Gasteiger partial charge on any atom is -0.358 e. The minimum absolute atomic E-state index is 0.0110. The summed E-state index contributed by atoms with van der Waals surface area (Å²) in [5.41, 5.74) is 0.219. The maximum atomic E-state index is 13.1. The predicted molar refractivity (Wildman–Crippen MR) is 95.4 cm³/mol. The lowest BCUT2D eigenvalue weighted by Crippen LogP contribution is -2.34.